The molecule has 0 aromatic heterocycles. The number of halogens is 6. The van der Waals surface area contributed by atoms with Crippen LogP contribution < -0.4 is 5.32 Å². The minimum atomic E-state index is -5.57. The number of rotatable bonds is 3. The number of carboxylic acids is 1. The smallest absolute Gasteiger partial charge is 0.471 e. The van der Waals surface area contributed by atoms with Gasteiger partial charge in [-0.05, 0) is 6.92 Å². The Balaban J connectivity index is 5.26. The summed E-state index contributed by atoms with van der Waals surface area (Å²) in [6.07, 6.45) is -11.1. The Bertz CT molecular complexity index is 347. The van der Waals surface area contributed by atoms with Gasteiger partial charge in [0, 0.05) is 0 Å². The lowest BCUT2D eigenvalue weighted by Gasteiger charge is -2.32. The molecule has 0 aliphatic carbocycles. The highest BCUT2D eigenvalue weighted by Gasteiger charge is 2.59. The Kier molecular flexibility index (Phi) is 4.24. The van der Waals surface area contributed by atoms with Gasteiger partial charge >= 0.3 is 24.2 Å². The molecule has 1 amide bonds. The van der Waals surface area contributed by atoms with E-state index in [1.165, 1.54) is 0 Å². The molecule has 0 fully saturated rings. The maximum absolute atomic E-state index is 12.2. The number of alkyl halides is 6. The van der Waals surface area contributed by atoms with E-state index in [1.807, 2.05) is 0 Å². The van der Waals surface area contributed by atoms with Gasteiger partial charge in [-0.25, -0.2) is 4.79 Å². The molecular formula is C7H7F6NO4. The molecule has 0 saturated heterocycles. The zero-order valence-corrected chi connectivity index (χ0v) is 8.56. The largest absolute Gasteiger partial charge is 0.480 e. The minimum Gasteiger partial charge on any atom is -0.480 e. The van der Waals surface area contributed by atoms with Gasteiger partial charge in [0.1, 0.15) is 0 Å². The lowest BCUT2D eigenvalue weighted by molar-refractivity contribution is -0.263. The highest BCUT2D eigenvalue weighted by molar-refractivity contribution is 5.87. The summed E-state index contributed by atoms with van der Waals surface area (Å²) in [4.78, 5) is 20.8. The van der Waals surface area contributed by atoms with Gasteiger partial charge in [0.2, 0.25) is 0 Å². The summed E-state index contributed by atoms with van der Waals surface area (Å²) in [5, 5.41) is 17.8. The van der Waals surface area contributed by atoms with E-state index in [0.717, 1.165) is 0 Å². The van der Waals surface area contributed by atoms with Crippen molar-refractivity contribution in [2.45, 2.75) is 30.9 Å². The van der Waals surface area contributed by atoms with E-state index >= 15 is 0 Å². The van der Waals surface area contributed by atoms with Crippen molar-refractivity contribution in [3.05, 3.63) is 0 Å². The van der Waals surface area contributed by atoms with Crippen molar-refractivity contribution in [3.63, 3.8) is 0 Å². The van der Waals surface area contributed by atoms with Crippen LogP contribution in [0.2, 0.25) is 0 Å². The van der Waals surface area contributed by atoms with Crippen molar-refractivity contribution in [3.8, 4) is 0 Å². The van der Waals surface area contributed by atoms with E-state index in [4.69, 9.17) is 10.2 Å². The lowest BCUT2D eigenvalue weighted by Crippen LogP contribution is -2.63. The second-order valence-corrected chi connectivity index (χ2v) is 3.39. The third-order valence-electron chi connectivity index (χ3n) is 1.92. The van der Waals surface area contributed by atoms with Gasteiger partial charge in [-0.2, -0.15) is 26.3 Å². The average molecular weight is 283 g/mol. The minimum absolute atomic E-state index is 0.0670. The van der Waals surface area contributed by atoms with Gasteiger partial charge in [-0.1, -0.05) is 0 Å². The Morgan fingerprint density at radius 3 is 1.72 bits per heavy atom. The first-order valence-corrected chi connectivity index (χ1v) is 4.11. The van der Waals surface area contributed by atoms with Crippen LogP contribution >= 0.6 is 0 Å². The number of aliphatic hydroxyl groups is 1. The Hall–Kier alpha value is -1.52. The van der Waals surface area contributed by atoms with Gasteiger partial charge in [0.25, 0.3) is 0 Å². The first-order chi connectivity index (χ1) is 7.71. The summed E-state index contributed by atoms with van der Waals surface area (Å²) in [6.45, 7) is -0.0670. The van der Waals surface area contributed by atoms with Crippen LogP contribution in [0.5, 0.6) is 0 Å². The standard InChI is InChI=1S/C7H7F6NO4/c1-5(18,7(11,12)13)2(3(15)16)14-4(17)6(8,9)10/h2,18H,1H3,(H,14,17)(H,15,16). The summed E-state index contributed by atoms with van der Waals surface area (Å²) in [6, 6.07) is -3.19. The second-order valence-electron chi connectivity index (χ2n) is 3.39. The topological polar surface area (TPSA) is 86.6 Å². The molecular weight excluding hydrogens is 276 g/mol. The van der Waals surface area contributed by atoms with E-state index in [9.17, 15) is 35.9 Å². The van der Waals surface area contributed by atoms with Gasteiger partial charge in [-0.15, -0.1) is 0 Å². The third-order valence-corrected chi connectivity index (χ3v) is 1.92. The normalized spacial score (nSPS) is 17.8. The molecule has 18 heavy (non-hydrogen) atoms. The van der Waals surface area contributed by atoms with E-state index < -0.39 is 35.9 Å². The number of hydrogen-bond acceptors (Lipinski definition) is 3. The molecule has 0 aliphatic rings. The number of nitrogens with one attached hydrogen (secondary N) is 1. The van der Waals surface area contributed by atoms with Crippen molar-refractivity contribution < 1.29 is 46.1 Å². The fourth-order valence-electron chi connectivity index (χ4n) is 0.819. The zero-order chi connectivity index (χ0) is 14.9. The van der Waals surface area contributed by atoms with Gasteiger partial charge in [0.15, 0.2) is 11.6 Å². The molecule has 0 radical (unpaired) electrons. The number of carbonyl (C=O) groups excluding carboxylic acids is 1. The molecule has 2 atom stereocenters. The average Bonchev–Trinajstić information content (AvgIpc) is 2.08. The van der Waals surface area contributed by atoms with Crippen LogP contribution in [0.15, 0.2) is 0 Å². The molecule has 0 rings (SSSR count). The molecule has 5 nitrogen and oxygen atoms in total. The predicted octanol–water partition coefficient (Wildman–Crippen LogP) is 0.431. The summed E-state index contributed by atoms with van der Waals surface area (Å²) in [7, 11) is 0. The van der Waals surface area contributed by atoms with E-state index in [0.29, 0.717) is 5.32 Å². The molecule has 11 heteroatoms. The van der Waals surface area contributed by atoms with Gasteiger partial charge in [-0.3, -0.25) is 4.79 Å². The number of carboxylic acid groups (broad SMARTS) is 1. The van der Waals surface area contributed by atoms with E-state index in [2.05, 4.69) is 0 Å². The fraction of sp³-hybridized carbons (Fsp3) is 0.714. The highest BCUT2D eigenvalue weighted by Crippen LogP contribution is 2.33. The van der Waals surface area contributed by atoms with Crippen LogP contribution in [0.1, 0.15) is 6.92 Å². The SMILES string of the molecule is CC(O)(C(NC(=O)C(F)(F)F)C(=O)O)C(F)(F)F. The van der Waals surface area contributed by atoms with Crippen LogP contribution in [0, 0.1) is 0 Å². The highest BCUT2D eigenvalue weighted by atomic mass is 19.4. The predicted molar refractivity (Wildman–Crippen MR) is 42.3 cm³/mol. The van der Waals surface area contributed by atoms with Crippen LogP contribution in [0.4, 0.5) is 26.3 Å². The van der Waals surface area contributed by atoms with Crippen molar-refractivity contribution in [1.29, 1.82) is 0 Å². The fourth-order valence-corrected chi connectivity index (χ4v) is 0.819. The zero-order valence-electron chi connectivity index (χ0n) is 8.56. The van der Waals surface area contributed by atoms with Crippen LogP contribution in [-0.4, -0.2) is 46.1 Å². The quantitative estimate of drug-likeness (QED) is 0.656. The lowest BCUT2D eigenvalue weighted by atomic mass is 9.95. The summed E-state index contributed by atoms with van der Waals surface area (Å²) in [5.41, 5.74) is -4.06. The number of aliphatic carboxylic acids is 1. The molecule has 3 N–H and O–H groups in total. The number of amides is 1. The van der Waals surface area contributed by atoms with Crippen molar-refractivity contribution in [2.75, 3.05) is 0 Å². The summed E-state index contributed by atoms with van der Waals surface area (Å²) < 4.78 is 72.1. The molecule has 0 bridgehead atoms. The number of carbonyl (C=O) groups is 2. The van der Waals surface area contributed by atoms with E-state index in [1.54, 1.807) is 0 Å². The van der Waals surface area contributed by atoms with Gasteiger partial charge < -0.3 is 15.5 Å². The molecule has 0 saturated carbocycles. The molecule has 0 aromatic rings. The molecule has 0 aliphatic heterocycles. The molecule has 106 valence electrons. The third kappa shape index (κ3) is 3.48. The molecule has 0 spiro atoms. The van der Waals surface area contributed by atoms with Crippen LogP contribution in [0.3, 0.4) is 0 Å². The van der Waals surface area contributed by atoms with Crippen molar-refractivity contribution in [1.82, 2.24) is 5.32 Å². The monoisotopic (exact) mass is 283 g/mol. The summed E-state index contributed by atoms with van der Waals surface area (Å²) in [5.74, 6) is -5.37. The van der Waals surface area contributed by atoms with Crippen LogP contribution in [-0.2, 0) is 9.59 Å². The Morgan fingerprint density at radius 2 is 1.50 bits per heavy atom. The Labute approximate surface area is 95.4 Å². The first-order valence-electron chi connectivity index (χ1n) is 4.11. The first kappa shape index (κ1) is 16.5. The maximum Gasteiger partial charge on any atom is 0.471 e. The second kappa shape index (κ2) is 4.63. The Morgan fingerprint density at radius 1 is 1.11 bits per heavy atom. The van der Waals surface area contributed by atoms with Crippen molar-refractivity contribution >= 4 is 11.9 Å². The maximum atomic E-state index is 12.2. The van der Waals surface area contributed by atoms with Crippen LogP contribution in [0.25, 0.3) is 0 Å². The molecule has 2 unspecified atom stereocenters. The molecule has 0 heterocycles. The molecule has 0 aromatic carbocycles. The van der Waals surface area contributed by atoms with Crippen molar-refractivity contribution in [2.24, 2.45) is 0 Å². The number of hydrogen-bond donors (Lipinski definition) is 3. The van der Waals surface area contributed by atoms with E-state index in [-0.39, 0.29) is 6.92 Å². The van der Waals surface area contributed by atoms with Gasteiger partial charge in [0.05, 0.1) is 0 Å². The summed E-state index contributed by atoms with van der Waals surface area (Å²) >= 11 is 0.